The second-order valence-corrected chi connectivity index (χ2v) is 5.30. The minimum Gasteiger partial charge on any atom is -0.466 e. The Morgan fingerprint density at radius 1 is 1.05 bits per heavy atom. The highest BCUT2D eigenvalue weighted by atomic mass is 16.6. The fraction of sp³-hybridized carbons (Fsp3) is 0.643. The topological polar surface area (TPSA) is 78.9 Å². The van der Waals surface area contributed by atoms with Crippen molar-refractivity contribution in [3.05, 3.63) is 11.1 Å². The lowest BCUT2D eigenvalue weighted by Gasteiger charge is -2.38. The molecule has 0 radical (unpaired) electrons. The molecule has 0 aromatic carbocycles. The molecule has 0 aliphatic carbocycles. The van der Waals surface area contributed by atoms with Gasteiger partial charge in [0.05, 0.1) is 31.0 Å². The number of rotatable bonds is 3. The third kappa shape index (κ3) is 1.78. The number of carbonyl (C=O) groups is 3. The first-order chi connectivity index (χ1) is 9.32. The van der Waals surface area contributed by atoms with E-state index in [-0.39, 0.29) is 16.9 Å². The minimum atomic E-state index is -1.39. The predicted octanol–water partition coefficient (Wildman–Crippen LogP) is 0.930. The zero-order valence-corrected chi connectivity index (χ0v) is 12.1. The van der Waals surface area contributed by atoms with Crippen LogP contribution in [0.4, 0.5) is 0 Å². The molecular weight excluding hydrogens is 264 g/mol. The summed E-state index contributed by atoms with van der Waals surface area (Å²) in [4.78, 5) is 36.3. The molecule has 2 atom stereocenters. The summed E-state index contributed by atoms with van der Waals surface area (Å²) in [5, 5.41) is 0. The lowest BCUT2D eigenvalue weighted by molar-refractivity contribution is -0.164. The van der Waals surface area contributed by atoms with Gasteiger partial charge in [0.25, 0.3) is 0 Å². The van der Waals surface area contributed by atoms with E-state index in [0.29, 0.717) is 19.3 Å². The van der Waals surface area contributed by atoms with E-state index in [2.05, 4.69) is 0 Å². The smallest absolute Gasteiger partial charge is 0.337 e. The van der Waals surface area contributed by atoms with Crippen molar-refractivity contribution in [2.45, 2.75) is 44.3 Å². The monoisotopic (exact) mass is 282 g/mol. The maximum Gasteiger partial charge on any atom is 0.337 e. The van der Waals surface area contributed by atoms with Gasteiger partial charge in [-0.1, -0.05) is 0 Å². The van der Waals surface area contributed by atoms with Gasteiger partial charge in [0, 0.05) is 0 Å². The highest BCUT2D eigenvalue weighted by Gasteiger charge is 2.62. The Morgan fingerprint density at radius 2 is 1.60 bits per heavy atom. The van der Waals surface area contributed by atoms with E-state index in [1.165, 1.54) is 21.1 Å². The average Bonchev–Trinajstić information content (AvgIpc) is 2.60. The summed E-state index contributed by atoms with van der Waals surface area (Å²) in [6, 6.07) is 0. The molecule has 0 aromatic rings. The maximum absolute atomic E-state index is 12.1. The highest BCUT2D eigenvalue weighted by molar-refractivity contribution is 6.10. The summed E-state index contributed by atoms with van der Waals surface area (Å²) >= 11 is 0. The molecule has 1 fully saturated rings. The molecule has 2 rings (SSSR count). The molecule has 1 saturated heterocycles. The Balaban J connectivity index is 2.73. The zero-order chi connectivity index (χ0) is 15.1. The van der Waals surface area contributed by atoms with Gasteiger partial charge in [-0.15, -0.1) is 0 Å². The number of ketones is 1. The maximum atomic E-state index is 12.1. The quantitative estimate of drug-likeness (QED) is 0.716. The van der Waals surface area contributed by atoms with Gasteiger partial charge in [-0.25, -0.2) is 9.59 Å². The summed E-state index contributed by atoms with van der Waals surface area (Å²) in [6.07, 6.45) is 1.59. The summed E-state index contributed by atoms with van der Waals surface area (Å²) in [6.45, 7) is 3.06. The number of esters is 2. The van der Waals surface area contributed by atoms with Crippen LogP contribution in [0.1, 0.15) is 33.1 Å². The number of ether oxygens (including phenoxy) is 3. The van der Waals surface area contributed by atoms with Crippen molar-refractivity contribution in [2.24, 2.45) is 0 Å². The van der Waals surface area contributed by atoms with Crippen molar-refractivity contribution in [3.8, 4) is 0 Å². The number of methoxy groups -OCH3 is 2. The number of Topliss-reactive ketones (excluding diaryl/α,β-unsaturated/α-hetero) is 1. The van der Waals surface area contributed by atoms with Crippen molar-refractivity contribution in [3.63, 3.8) is 0 Å². The first-order valence-electron chi connectivity index (χ1n) is 6.45. The molecule has 110 valence electrons. The number of carbonyl (C=O) groups excluding carboxylic acids is 3. The lowest BCUT2D eigenvalue weighted by atomic mass is 9.85. The van der Waals surface area contributed by atoms with Crippen LogP contribution in [-0.2, 0) is 28.6 Å². The van der Waals surface area contributed by atoms with Crippen LogP contribution in [0.2, 0.25) is 0 Å². The molecule has 2 bridgehead atoms. The standard InChI is InChI=1S/C14H18O6/c1-8(15)14-7-5-6-13(2,20-14)9(11(16)18-3)10(14)12(17)19-4/h5-7H2,1-4H3. The molecule has 2 unspecified atom stereocenters. The Morgan fingerprint density at radius 3 is 2.10 bits per heavy atom. The van der Waals surface area contributed by atoms with Gasteiger partial charge in [0.2, 0.25) is 0 Å². The molecule has 0 spiro atoms. The second kappa shape index (κ2) is 4.70. The van der Waals surface area contributed by atoms with Crippen molar-refractivity contribution in [1.82, 2.24) is 0 Å². The summed E-state index contributed by atoms with van der Waals surface area (Å²) < 4.78 is 15.4. The van der Waals surface area contributed by atoms with Crippen LogP contribution in [0.3, 0.4) is 0 Å². The fourth-order valence-corrected chi connectivity index (χ4v) is 3.19. The van der Waals surface area contributed by atoms with Gasteiger partial charge < -0.3 is 14.2 Å². The van der Waals surface area contributed by atoms with Gasteiger partial charge in [-0.05, 0) is 33.1 Å². The third-order valence-electron chi connectivity index (χ3n) is 4.11. The van der Waals surface area contributed by atoms with Crippen molar-refractivity contribution >= 4 is 17.7 Å². The first-order valence-corrected chi connectivity index (χ1v) is 6.45. The van der Waals surface area contributed by atoms with E-state index >= 15 is 0 Å². The molecule has 2 aliphatic heterocycles. The van der Waals surface area contributed by atoms with E-state index in [4.69, 9.17) is 14.2 Å². The summed E-state index contributed by atoms with van der Waals surface area (Å²) in [5.74, 6) is -1.67. The highest BCUT2D eigenvalue weighted by Crippen LogP contribution is 2.52. The second-order valence-electron chi connectivity index (χ2n) is 5.30. The number of fused-ring (bicyclic) bond motifs is 2. The van der Waals surface area contributed by atoms with Crippen LogP contribution in [0.5, 0.6) is 0 Å². The normalized spacial score (nSPS) is 32.0. The number of hydrogen-bond donors (Lipinski definition) is 0. The van der Waals surface area contributed by atoms with Gasteiger partial charge in [-0.2, -0.15) is 0 Å². The third-order valence-corrected chi connectivity index (χ3v) is 4.11. The van der Waals surface area contributed by atoms with Crippen molar-refractivity contribution in [2.75, 3.05) is 14.2 Å². The van der Waals surface area contributed by atoms with E-state index in [0.717, 1.165) is 0 Å². The Labute approximate surface area is 117 Å². The summed E-state index contributed by atoms with van der Waals surface area (Å²) in [5.41, 5.74) is -2.26. The Hall–Kier alpha value is -1.69. The van der Waals surface area contributed by atoms with Crippen LogP contribution < -0.4 is 0 Å². The molecule has 0 N–H and O–H groups in total. The van der Waals surface area contributed by atoms with Crippen LogP contribution >= 0.6 is 0 Å². The Bertz CT molecular complexity index is 520. The molecule has 0 aromatic heterocycles. The average molecular weight is 282 g/mol. The molecule has 2 aliphatic rings. The van der Waals surface area contributed by atoms with Crippen molar-refractivity contribution in [1.29, 1.82) is 0 Å². The lowest BCUT2D eigenvalue weighted by Crippen LogP contribution is -2.48. The number of hydrogen-bond acceptors (Lipinski definition) is 6. The van der Waals surface area contributed by atoms with Gasteiger partial charge in [0.15, 0.2) is 11.4 Å². The van der Waals surface area contributed by atoms with E-state index in [9.17, 15) is 14.4 Å². The molecular formula is C14H18O6. The van der Waals surface area contributed by atoms with Gasteiger partial charge in [-0.3, -0.25) is 4.79 Å². The van der Waals surface area contributed by atoms with Crippen LogP contribution in [-0.4, -0.2) is 43.1 Å². The van der Waals surface area contributed by atoms with E-state index in [1.807, 2.05) is 0 Å². The summed E-state index contributed by atoms with van der Waals surface area (Å²) in [7, 11) is 2.44. The van der Waals surface area contributed by atoms with Gasteiger partial charge >= 0.3 is 11.9 Å². The van der Waals surface area contributed by atoms with E-state index < -0.39 is 23.1 Å². The molecule has 2 heterocycles. The zero-order valence-electron chi connectivity index (χ0n) is 12.1. The molecule has 20 heavy (non-hydrogen) atoms. The first kappa shape index (κ1) is 14.7. The molecule has 0 saturated carbocycles. The van der Waals surface area contributed by atoms with Crippen LogP contribution in [0.25, 0.3) is 0 Å². The minimum absolute atomic E-state index is 0.000602. The largest absolute Gasteiger partial charge is 0.466 e. The molecule has 6 nitrogen and oxygen atoms in total. The molecule has 0 amide bonds. The predicted molar refractivity (Wildman–Crippen MR) is 67.8 cm³/mol. The van der Waals surface area contributed by atoms with Crippen LogP contribution in [0, 0.1) is 0 Å². The van der Waals surface area contributed by atoms with Gasteiger partial charge in [0.1, 0.15) is 0 Å². The molecule has 6 heteroatoms. The van der Waals surface area contributed by atoms with Crippen LogP contribution in [0.15, 0.2) is 11.1 Å². The fourth-order valence-electron chi connectivity index (χ4n) is 3.19. The Kier molecular flexibility index (Phi) is 3.46. The SMILES string of the molecule is COC(=O)C1=C(C(=O)OC)C2(C(C)=O)CCCC1(C)O2. The van der Waals surface area contributed by atoms with E-state index in [1.54, 1.807) is 6.92 Å². The van der Waals surface area contributed by atoms with Crippen molar-refractivity contribution < 1.29 is 28.6 Å².